The van der Waals surface area contributed by atoms with Crippen LogP contribution in [-0.4, -0.2) is 57.4 Å². The largest absolute Gasteiger partial charge is 0.481 e. The number of halogens is 2. The van der Waals surface area contributed by atoms with E-state index < -0.39 is 41.6 Å². The van der Waals surface area contributed by atoms with Crippen LogP contribution in [0.3, 0.4) is 0 Å². The molecule has 1 aliphatic heterocycles. The Balaban J connectivity index is 1.73. The average molecular weight is 395 g/mol. The molecule has 1 saturated heterocycles. The second-order valence-corrected chi connectivity index (χ2v) is 6.24. The first kappa shape index (κ1) is 19.3. The van der Waals surface area contributed by atoms with Gasteiger partial charge in [-0.2, -0.15) is 0 Å². The Morgan fingerprint density at radius 3 is 2.61 bits per heavy atom. The predicted molar refractivity (Wildman–Crippen MR) is 88.4 cm³/mol. The predicted octanol–water partition coefficient (Wildman–Crippen LogP) is 1.80. The molecule has 3 N–H and O–H groups in total. The highest BCUT2D eigenvalue weighted by atomic mass is 19.1. The fourth-order valence-corrected chi connectivity index (χ4v) is 2.99. The summed E-state index contributed by atoms with van der Waals surface area (Å²) in [5.74, 6) is -4.89. The number of aliphatic carboxylic acids is 1. The van der Waals surface area contributed by atoms with E-state index in [1.807, 2.05) is 0 Å². The van der Waals surface area contributed by atoms with Crippen LogP contribution in [-0.2, 0) is 4.79 Å². The second kappa shape index (κ2) is 7.62. The smallest absolute Gasteiger partial charge is 0.407 e. The Kier molecular flexibility index (Phi) is 5.25. The number of piperidine rings is 1. The van der Waals surface area contributed by atoms with Gasteiger partial charge in [-0.1, -0.05) is 5.16 Å². The number of carbonyl (C=O) groups is 3. The molecule has 3 rings (SSSR count). The van der Waals surface area contributed by atoms with E-state index in [1.54, 1.807) is 0 Å². The fourth-order valence-electron chi connectivity index (χ4n) is 2.99. The second-order valence-electron chi connectivity index (χ2n) is 6.24. The Morgan fingerprint density at radius 1 is 1.21 bits per heavy atom. The summed E-state index contributed by atoms with van der Waals surface area (Å²) in [5.41, 5.74) is -0.311. The summed E-state index contributed by atoms with van der Waals surface area (Å²) in [6, 6.07) is 3.14. The maximum Gasteiger partial charge on any atom is 0.407 e. The molecule has 2 heterocycles. The third-order valence-corrected chi connectivity index (χ3v) is 4.46. The Hall–Kier alpha value is -3.50. The van der Waals surface area contributed by atoms with Crippen LogP contribution >= 0.6 is 0 Å². The number of aromatic nitrogens is 1. The van der Waals surface area contributed by atoms with E-state index in [-0.39, 0.29) is 36.5 Å². The maximum atomic E-state index is 13.8. The number of carbonyl (C=O) groups excluding carboxylic acids is 1. The number of hydrogen-bond donors (Lipinski definition) is 3. The molecular weight excluding hydrogens is 380 g/mol. The summed E-state index contributed by atoms with van der Waals surface area (Å²) < 4.78 is 31.7. The van der Waals surface area contributed by atoms with Crippen molar-refractivity contribution in [2.45, 2.75) is 12.5 Å². The number of likely N-dealkylation sites (tertiary alicyclic amines) is 1. The van der Waals surface area contributed by atoms with E-state index in [4.69, 9.17) is 9.63 Å². The van der Waals surface area contributed by atoms with Crippen molar-refractivity contribution in [3.05, 3.63) is 41.6 Å². The van der Waals surface area contributed by atoms with Crippen molar-refractivity contribution < 1.29 is 37.9 Å². The normalized spacial score (nSPS) is 19.3. The molecule has 1 aromatic heterocycles. The zero-order valence-electron chi connectivity index (χ0n) is 14.3. The van der Waals surface area contributed by atoms with Gasteiger partial charge in [0.2, 0.25) is 0 Å². The van der Waals surface area contributed by atoms with Gasteiger partial charge in [0.15, 0.2) is 11.5 Å². The summed E-state index contributed by atoms with van der Waals surface area (Å²) in [7, 11) is 0. The molecule has 2 atom stereocenters. The first-order valence-corrected chi connectivity index (χ1v) is 8.20. The monoisotopic (exact) mass is 395 g/mol. The van der Waals surface area contributed by atoms with Crippen LogP contribution in [0.1, 0.15) is 16.9 Å². The molecule has 0 unspecified atom stereocenters. The van der Waals surface area contributed by atoms with Crippen molar-refractivity contribution in [2.24, 2.45) is 5.92 Å². The van der Waals surface area contributed by atoms with Crippen LogP contribution in [0.2, 0.25) is 0 Å². The number of benzene rings is 1. The molecule has 9 nitrogen and oxygen atoms in total. The van der Waals surface area contributed by atoms with Crippen molar-refractivity contribution in [2.75, 3.05) is 13.1 Å². The van der Waals surface area contributed by atoms with Crippen LogP contribution in [0, 0.1) is 17.6 Å². The number of amides is 2. The van der Waals surface area contributed by atoms with Gasteiger partial charge in [-0.25, -0.2) is 13.6 Å². The van der Waals surface area contributed by atoms with E-state index in [9.17, 15) is 28.3 Å². The van der Waals surface area contributed by atoms with Gasteiger partial charge in [-0.15, -0.1) is 0 Å². The molecule has 11 heteroatoms. The Morgan fingerprint density at radius 2 is 1.96 bits per heavy atom. The third kappa shape index (κ3) is 3.92. The van der Waals surface area contributed by atoms with E-state index in [0.29, 0.717) is 6.07 Å². The van der Waals surface area contributed by atoms with Gasteiger partial charge in [0, 0.05) is 31.3 Å². The first-order valence-electron chi connectivity index (χ1n) is 8.20. The van der Waals surface area contributed by atoms with Gasteiger partial charge >= 0.3 is 12.1 Å². The van der Waals surface area contributed by atoms with Crippen LogP contribution in [0.5, 0.6) is 0 Å². The van der Waals surface area contributed by atoms with Crippen molar-refractivity contribution in [3.8, 4) is 11.3 Å². The van der Waals surface area contributed by atoms with Gasteiger partial charge in [-0.3, -0.25) is 9.59 Å². The lowest BCUT2D eigenvalue weighted by atomic mass is 9.92. The zero-order chi connectivity index (χ0) is 20.4. The Labute approximate surface area is 156 Å². The highest BCUT2D eigenvalue weighted by molar-refractivity contribution is 5.93. The molecule has 0 bridgehead atoms. The maximum absolute atomic E-state index is 13.8. The summed E-state index contributed by atoms with van der Waals surface area (Å²) >= 11 is 0. The summed E-state index contributed by atoms with van der Waals surface area (Å²) in [6.07, 6.45) is -1.13. The molecule has 0 aliphatic carbocycles. The molecular formula is C17H15F2N3O6. The number of nitrogens with one attached hydrogen (secondary N) is 1. The lowest BCUT2D eigenvalue weighted by Crippen LogP contribution is -2.54. The van der Waals surface area contributed by atoms with Gasteiger partial charge in [0.05, 0.1) is 11.5 Å². The number of hydrogen-bond acceptors (Lipinski definition) is 5. The molecule has 1 fully saturated rings. The number of carboxylic acid groups (broad SMARTS) is 2. The first-order chi connectivity index (χ1) is 13.3. The quantitative estimate of drug-likeness (QED) is 0.719. The standard InChI is InChI=1S/C17H15F2N3O6/c18-8-1-2-9(11(19)5-8)14-6-13(21-28-14)15(23)20-12-3-4-22(17(26)27)7-10(12)16(24)25/h1-2,5-6,10,12H,3-4,7H2,(H,20,23)(H,24,25)(H,26,27)/t10-,12-/m1/s1. The van der Waals surface area contributed by atoms with Gasteiger partial charge in [0.25, 0.3) is 5.91 Å². The summed E-state index contributed by atoms with van der Waals surface area (Å²) in [5, 5.41) is 24.4. The van der Waals surface area contributed by atoms with E-state index in [0.717, 1.165) is 23.1 Å². The zero-order valence-corrected chi connectivity index (χ0v) is 14.3. The minimum Gasteiger partial charge on any atom is -0.481 e. The van der Waals surface area contributed by atoms with Crippen molar-refractivity contribution in [3.63, 3.8) is 0 Å². The summed E-state index contributed by atoms with van der Waals surface area (Å²) in [6.45, 7) is -0.199. The molecule has 148 valence electrons. The van der Waals surface area contributed by atoms with E-state index >= 15 is 0 Å². The van der Waals surface area contributed by atoms with Crippen molar-refractivity contribution >= 4 is 18.0 Å². The van der Waals surface area contributed by atoms with Crippen molar-refractivity contribution in [1.82, 2.24) is 15.4 Å². The lowest BCUT2D eigenvalue weighted by molar-refractivity contribution is -0.144. The van der Waals surface area contributed by atoms with E-state index in [1.165, 1.54) is 0 Å². The lowest BCUT2D eigenvalue weighted by Gasteiger charge is -2.35. The van der Waals surface area contributed by atoms with Crippen LogP contribution in [0.25, 0.3) is 11.3 Å². The average Bonchev–Trinajstić information content (AvgIpc) is 3.11. The van der Waals surface area contributed by atoms with Crippen LogP contribution in [0.15, 0.2) is 28.8 Å². The van der Waals surface area contributed by atoms with Gasteiger partial charge in [0.1, 0.15) is 11.6 Å². The molecule has 0 radical (unpaired) electrons. The third-order valence-electron chi connectivity index (χ3n) is 4.46. The topological polar surface area (TPSA) is 133 Å². The highest BCUT2D eigenvalue weighted by Crippen LogP contribution is 2.25. The molecule has 1 aromatic carbocycles. The minimum atomic E-state index is -1.24. The highest BCUT2D eigenvalue weighted by Gasteiger charge is 2.37. The molecule has 2 amide bonds. The van der Waals surface area contributed by atoms with Crippen molar-refractivity contribution in [1.29, 1.82) is 0 Å². The number of carboxylic acids is 1. The van der Waals surface area contributed by atoms with E-state index in [2.05, 4.69) is 10.5 Å². The van der Waals surface area contributed by atoms with Crippen LogP contribution < -0.4 is 5.32 Å². The molecule has 0 spiro atoms. The molecule has 1 aliphatic rings. The number of rotatable bonds is 4. The van der Waals surface area contributed by atoms with Crippen LogP contribution in [0.4, 0.5) is 13.6 Å². The fraction of sp³-hybridized carbons (Fsp3) is 0.294. The minimum absolute atomic E-state index is 0.0644. The number of nitrogens with zero attached hydrogens (tertiary/aromatic N) is 2. The summed E-state index contributed by atoms with van der Waals surface area (Å²) in [4.78, 5) is 35.8. The van der Waals surface area contributed by atoms with Gasteiger partial charge < -0.3 is 25.0 Å². The Bertz CT molecular complexity index is 931. The molecule has 28 heavy (non-hydrogen) atoms. The molecule has 0 saturated carbocycles. The molecule has 2 aromatic rings. The SMILES string of the molecule is O=C(N[C@@H]1CCN(C(=O)O)C[C@H]1C(=O)O)c1cc(-c2ccc(F)cc2F)on1. The van der Waals surface area contributed by atoms with Gasteiger partial charge in [-0.05, 0) is 18.6 Å².